The number of rotatable bonds is 8. The Balaban J connectivity index is 1.49. The molecule has 8 heteroatoms. The first-order valence-electron chi connectivity index (χ1n) is 11.0. The Morgan fingerprint density at radius 1 is 0.943 bits per heavy atom. The largest absolute Gasteiger partial charge is 0.497 e. The molecule has 0 radical (unpaired) electrons. The number of nitrogens with zero attached hydrogens (tertiary/aromatic N) is 1. The van der Waals surface area contributed by atoms with Gasteiger partial charge in [-0.25, -0.2) is 4.39 Å². The fraction of sp³-hybridized carbons (Fsp3) is 0.148. The molecule has 0 bridgehead atoms. The highest BCUT2D eigenvalue weighted by Crippen LogP contribution is 2.20. The van der Waals surface area contributed by atoms with Gasteiger partial charge >= 0.3 is 0 Å². The molecule has 3 aromatic carbocycles. The van der Waals surface area contributed by atoms with Crippen molar-refractivity contribution in [2.45, 2.75) is 13.0 Å². The number of halogens is 1. The van der Waals surface area contributed by atoms with Crippen molar-refractivity contribution in [2.24, 2.45) is 0 Å². The van der Waals surface area contributed by atoms with Gasteiger partial charge in [-0.15, -0.1) is 0 Å². The molecule has 7 nitrogen and oxygen atoms in total. The average molecular weight is 474 g/mol. The smallest absolute Gasteiger partial charge is 0.262 e. The molecular formula is C27H24FN3O4. The van der Waals surface area contributed by atoms with Gasteiger partial charge in [-0.2, -0.15) is 0 Å². The highest BCUT2D eigenvalue weighted by atomic mass is 19.1. The zero-order chi connectivity index (χ0) is 24.8. The van der Waals surface area contributed by atoms with E-state index in [9.17, 15) is 18.8 Å². The Morgan fingerprint density at radius 3 is 2.43 bits per heavy atom. The lowest BCUT2D eigenvalue weighted by atomic mass is 10.1. The topological polar surface area (TPSA) is 89.4 Å². The second-order valence-electron chi connectivity index (χ2n) is 7.87. The summed E-state index contributed by atoms with van der Waals surface area (Å²) in [6, 6.07) is 19.8. The predicted octanol–water partition coefficient (Wildman–Crippen LogP) is 3.57. The molecule has 0 aliphatic rings. The number of carbonyl (C=O) groups excluding carboxylic acids is 2. The minimum Gasteiger partial charge on any atom is -0.497 e. The van der Waals surface area contributed by atoms with Crippen molar-refractivity contribution >= 4 is 22.6 Å². The lowest BCUT2D eigenvalue weighted by Crippen LogP contribution is -2.31. The van der Waals surface area contributed by atoms with Crippen molar-refractivity contribution < 1.29 is 18.7 Å². The number of fused-ring (bicyclic) bond motifs is 1. The molecule has 0 saturated carbocycles. The zero-order valence-corrected chi connectivity index (χ0v) is 19.1. The minimum atomic E-state index is -0.399. The van der Waals surface area contributed by atoms with E-state index in [1.54, 1.807) is 60.7 Å². The molecule has 0 saturated heterocycles. The molecule has 0 fully saturated rings. The van der Waals surface area contributed by atoms with E-state index in [4.69, 9.17) is 4.74 Å². The maximum absolute atomic E-state index is 13.1. The van der Waals surface area contributed by atoms with Crippen LogP contribution in [0.25, 0.3) is 16.5 Å². The highest BCUT2D eigenvalue weighted by molar-refractivity contribution is 6.06. The van der Waals surface area contributed by atoms with Crippen LogP contribution < -0.4 is 20.9 Å². The van der Waals surface area contributed by atoms with E-state index in [1.165, 1.54) is 30.0 Å². The average Bonchev–Trinajstić information content (AvgIpc) is 2.88. The molecule has 0 aliphatic heterocycles. The number of carbonyl (C=O) groups is 2. The first-order chi connectivity index (χ1) is 17.0. The van der Waals surface area contributed by atoms with Crippen molar-refractivity contribution in [1.82, 2.24) is 15.2 Å². The Labute approximate surface area is 201 Å². The maximum Gasteiger partial charge on any atom is 0.262 e. The third kappa shape index (κ3) is 5.55. The molecule has 4 aromatic rings. The van der Waals surface area contributed by atoms with Gasteiger partial charge in [-0.05, 0) is 35.9 Å². The normalized spacial score (nSPS) is 10.7. The Bertz CT molecular complexity index is 1430. The summed E-state index contributed by atoms with van der Waals surface area (Å²) < 4.78 is 19.7. The number of hydrogen-bond donors (Lipinski definition) is 2. The first-order valence-corrected chi connectivity index (χ1v) is 11.0. The van der Waals surface area contributed by atoms with Crippen molar-refractivity contribution in [3.63, 3.8) is 0 Å². The van der Waals surface area contributed by atoms with Gasteiger partial charge < -0.3 is 15.4 Å². The van der Waals surface area contributed by atoms with Crippen molar-refractivity contribution in [1.29, 1.82) is 0 Å². The van der Waals surface area contributed by atoms with Crippen LogP contribution in [0.3, 0.4) is 0 Å². The quantitative estimate of drug-likeness (QED) is 0.410. The minimum absolute atomic E-state index is 0.0698. The van der Waals surface area contributed by atoms with Crippen LogP contribution in [0.4, 0.5) is 4.39 Å². The number of amides is 2. The number of aromatic nitrogens is 1. The van der Waals surface area contributed by atoms with E-state index in [2.05, 4.69) is 10.6 Å². The van der Waals surface area contributed by atoms with E-state index in [0.29, 0.717) is 27.8 Å². The SMILES string of the molecule is COc1cccc(-n2cc(C(=O)NCCC(=O)NCc3ccc(F)cc3)c3ccccc3c2=O)c1. The molecule has 178 valence electrons. The second-order valence-corrected chi connectivity index (χ2v) is 7.87. The number of benzene rings is 3. The summed E-state index contributed by atoms with van der Waals surface area (Å²) in [6.45, 7) is 0.379. The van der Waals surface area contributed by atoms with E-state index in [0.717, 1.165) is 5.56 Å². The van der Waals surface area contributed by atoms with Crippen LogP contribution in [0, 0.1) is 5.82 Å². The maximum atomic E-state index is 13.1. The molecule has 2 amide bonds. The van der Waals surface area contributed by atoms with E-state index in [-0.39, 0.29) is 36.8 Å². The van der Waals surface area contributed by atoms with Crippen LogP contribution in [0.15, 0.2) is 83.8 Å². The summed E-state index contributed by atoms with van der Waals surface area (Å²) in [5.41, 5.74) is 1.39. The molecular weight excluding hydrogens is 449 g/mol. The molecule has 0 spiro atoms. The Hall–Kier alpha value is -4.46. The zero-order valence-electron chi connectivity index (χ0n) is 19.1. The molecule has 0 aliphatic carbocycles. The van der Waals surface area contributed by atoms with Crippen molar-refractivity contribution in [3.05, 3.63) is 106 Å². The third-order valence-electron chi connectivity index (χ3n) is 5.54. The summed E-state index contributed by atoms with van der Waals surface area (Å²) in [5.74, 6) is -0.404. The number of hydrogen-bond acceptors (Lipinski definition) is 4. The summed E-state index contributed by atoms with van der Waals surface area (Å²) in [6.07, 6.45) is 1.57. The molecule has 0 unspecified atom stereocenters. The second kappa shape index (κ2) is 10.6. The van der Waals surface area contributed by atoms with Crippen LogP contribution in [0.5, 0.6) is 5.75 Å². The van der Waals surface area contributed by atoms with Gasteiger partial charge in [-0.1, -0.05) is 36.4 Å². The summed E-state index contributed by atoms with van der Waals surface area (Å²) >= 11 is 0. The lowest BCUT2D eigenvalue weighted by molar-refractivity contribution is -0.121. The Morgan fingerprint density at radius 2 is 1.69 bits per heavy atom. The molecule has 0 atom stereocenters. The monoisotopic (exact) mass is 473 g/mol. The van der Waals surface area contributed by atoms with Crippen LogP contribution in [-0.2, 0) is 11.3 Å². The molecule has 35 heavy (non-hydrogen) atoms. The molecule has 4 rings (SSSR count). The standard InChI is InChI=1S/C27H24FN3O4/c1-35-21-6-4-5-20(15-21)31-17-24(22-7-2-3-8-23(22)27(31)34)26(33)29-14-13-25(32)30-16-18-9-11-19(28)12-10-18/h2-12,15,17H,13-14,16H2,1H3,(H,29,33)(H,30,32). The number of nitrogens with one attached hydrogen (secondary N) is 2. The number of ether oxygens (including phenoxy) is 1. The van der Waals surface area contributed by atoms with Crippen LogP contribution in [-0.4, -0.2) is 30.0 Å². The van der Waals surface area contributed by atoms with E-state index >= 15 is 0 Å². The summed E-state index contributed by atoms with van der Waals surface area (Å²) in [4.78, 5) is 38.3. The van der Waals surface area contributed by atoms with Gasteiger partial charge in [0.25, 0.3) is 11.5 Å². The summed E-state index contributed by atoms with van der Waals surface area (Å²) in [7, 11) is 1.54. The first kappa shape index (κ1) is 23.7. The van der Waals surface area contributed by atoms with Crippen molar-refractivity contribution in [2.75, 3.05) is 13.7 Å². The Kier molecular flexibility index (Phi) is 7.21. The van der Waals surface area contributed by atoms with Gasteiger partial charge in [0.1, 0.15) is 11.6 Å². The lowest BCUT2D eigenvalue weighted by Gasteiger charge is -2.13. The van der Waals surface area contributed by atoms with Gasteiger partial charge in [-0.3, -0.25) is 19.0 Å². The highest BCUT2D eigenvalue weighted by Gasteiger charge is 2.16. The van der Waals surface area contributed by atoms with Crippen LogP contribution >= 0.6 is 0 Å². The molecule has 1 aromatic heterocycles. The van der Waals surface area contributed by atoms with Crippen LogP contribution in [0.1, 0.15) is 22.3 Å². The predicted molar refractivity (Wildman–Crippen MR) is 131 cm³/mol. The van der Waals surface area contributed by atoms with Crippen molar-refractivity contribution in [3.8, 4) is 11.4 Å². The molecule has 1 heterocycles. The van der Waals surface area contributed by atoms with E-state index in [1.807, 2.05) is 0 Å². The fourth-order valence-electron chi connectivity index (χ4n) is 3.70. The van der Waals surface area contributed by atoms with Gasteiger partial charge in [0.05, 0.1) is 18.4 Å². The fourth-order valence-corrected chi connectivity index (χ4v) is 3.70. The number of pyridine rings is 1. The van der Waals surface area contributed by atoms with E-state index < -0.39 is 5.91 Å². The third-order valence-corrected chi connectivity index (χ3v) is 5.54. The van der Waals surface area contributed by atoms with Gasteiger partial charge in [0, 0.05) is 42.5 Å². The summed E-state index contributed by atoms with van der Waals surface area (Å²) in [5, 5.41) is 6.43. The van der Waals surface area contributed by atoms with Gasteiger partial charge in [0.2, 0.25) is 5.91 Å². The number of methoxy groups -OCH3 is 1. The van der Waals surface area contributed by atoms with Gasteiger partial charge in [0.15, 0.2) is 0 Å². The van der Waals surface area contributed by atoms with Crippen LogP contribution in [0.2, 0.25) is 0 Å². The molecule has 2 N–H and O–H groups in total.